The van der Waals surface area contributed by atoms with Gasteiger partial charge < -0.3 is 14.8 Å². The summed E-state index contributed by atoms with van der Waals surface area (Å²) in [6.45, 7) is -0.625. The summed E-state index contributed by atoms with van der Waals surface area (Å²) in [4.78, 5) is 34.2. The van der Waals surface area contributed by atoms with Crippen LogP contribution in [-0.4, -0.2) is 30.5 Å². The van der Waals surface area contributed by atoms with Crippen molar-refractivity contribution in [3.05, 3.63) is 62.1 Å². The number of esters is 1. The molecule has 0 aromatic heterocycles. The number of benzene rings is 2. The standard InChI is InChI=1S/C16H12Cl2N2O6/c1-25-13-6-5-9(7-12(13)20(23)24)16(22)26-8-14(21)19-15-10(17)3-2-4-11(15)18/h2-7H,8H2,1H3,(H,19,21). The van der Waals surface area contributed by atoms with Crippen LogP contribution in [0.3, 0.4) is 0 Å². The number of nitrogens with zero attached hydrogens (tertiary/aromatic N) is 1. The van der Waals surface area contributed by atoms with Gasteiger partial charge in [-0.3, -0.25) is 14.9 Å². The van der Waals surface area contributed by atoms with Crippen molar-refractivity contribution in [3.63, 3.8) is 0 Å². The molecule has 0 saturated heterocycles. The van der Waals surface area contributed by atoms with E-state index in [9.17, 15) is 19.7 Å². The molecule has 8 nitrogen and oxygen atoms in total. The third kappa shape index (κ3) is 4.62. The van der Waals surface area contributed by atoms with E-state index in [2.05, 4.69) is 5.32 Å². The van der Waals surface area contributed by atoms with Crippen molar-refractivity contribution in [2.24, 2.45) is 0 Å². The molecular weight excluding hydrogens is 387 g/mol. The summed E-state index contributed by atoms with van der Waals surface area (Å²) in [5.41, 5.74) is -0.299. The normalized spacial score (nSPS) is 10.1. The van der Waals surface area contributed by atoms with Crippen LogP contribution in [0.25, 0.3) is 0 Å². The summed E-state index contributed by atoms with van der Waals surface area (Å²) < 4.78 is 9.69. The zero-order chi connectivity index (χ0) is 19.3. The third-order valence-corrected chi connectivity index (χ3v) is 3.80. The molecule has 0 bridgehead atoms. The molecule has 0 aliphatic rings. The second-order valence-electron chi connectivity index (χ2n) is 4.86. The first-order valence-electron chi connectivity index (χ1n) is 7.07. The SMILES string of the molecule is COc1ccc(C(=O)OCC(=O)Nc2c(Cl)cccc2Cl)cc1[N+](=O)[O-]. The van der Waals surface area contributed by atoms with Gasteiger partial charge in [0.05, 0.1) is 33.3 Å². The number of anilines is 1. The molecule has 2 aromatic rings. The van der Waals surface area contributed by atoms with E-state index in [4.69, 9.17) is 32.7 Å². The molecule has 1 N–H and O–H groups in total. The molecule has 0 radical (unpaired) electrons. The lowest BCUT2D eigenvalue weighted by Crippen LogP contribution is -2.21. The van der Waals surface area contributed by atoms with E-state index in [1.165, 1.54) is 31.4 Å². The van der Waals surface area contributed by atoms with Gasteiger partial charge >= 0.3 is 11.7 Å². The number of methoxy groups -OCH3 is 1. The van der Waals surface area contributed by atoms with Crippen molar-refractivity contribution in [3.8, 4) is 5.75 Å². The van der Waals surface area contributed by atoms with Crippen molar-refractivity contribution in [2.75, 3.05) is 19.0 Å². The molecule has 0 heterocycles. The molecule has 26 heavy (non-hydrogen) atoms. The van der Waals surface area contributed by atoms with Gasteiger partial charge in [-0.25, -0.2) is 4.79 Å². The van der Waals surface area contributed by atoms with Crippen molar-refractivity contribution in [1.29, 1.82) is 0 Å². The van der Waals surface area contributed by atoms with E-state index in [-0.39, 0.29) is 27.0 Å². The molecule has 0 atom stereocenters. The summed E-state index contributed by atoms with van der Waals surface area (Å²) in [5.74, 6) is -1.58. The highest BCUT2D eigenvalue weighted by molar-refractivity contribution is 6.39. The maximum Gasteiger partial charge on any atom is 0.338 e. The number of ether oxygens (including phenoxy) is 2. The maximum atomic E-state index is 12.0. The quantitative estimate of drug-likeness (QED) is 0.451. The molecule has 0 spiro atoms. The Morgan fingerprint density at radius 3 is 2.42 bits per heavy atom. The minimum Gasteiger partial charge on any atom is -0.490 e. The highest BCUT2D eigenvalue weighted by Gasteiger charge is 2.20. The topological polar surface area (TPSA) is 108 Å². The van der Waals surface area contributed by atoms with Crippen LogP contribution >= 0.6 is 23.2 Å². The molecular formula is C16H12Cl2N2O6. The number of halogens is 2. The van der Waals surface area contributed by atoms with Crippen LogP contribution < -0.4 is 10.1 Å². The summed E-state index contributed by atoms with van der Waals surface area (Å²) >= 11 is 11.9. The van der Waals surface area contributed by atoms with Gasteiger partial charge in [-0.2, -0.15) is 0 Å². The average Bonchev–Trinajstić information content (AvgIpc) is 2.62. The number of nitrogens with one attached hydrogen (secondary N) is 1. The number of hydrogen-bond donors (Lipinski definition) is 1. The Hall–Kier alpha value is -2.84. The van der Waals surface area contributed by atoms with Gasteiger partial charge in [-0.05, 0) is 24.3 Å². The van der Waals surface area contributed by atoms with Gasteiger partial charge in [-0.15, -0.1) is 0 Å². The van der Waals surface area contributed by atoms with Crippen LogP contribution in [0, 0.1) is 10.1 Å². The number of rotatable bonds is 6. The fraction of sp³-hybridized carbons (Fsp3) is 0.125. The molecule has 0 aliphatic carbocycles. The summed E-state index contributed by atoms with van der Waals surface area (Å²) in [6, 6.07) is 8.23. The van der Waals surface area contributed by atoms with Gasteiger partial charge in [0.2, 0.25) is 0 Å². The Labute approximate surface area is 157 Å². The lowest BCUT2D eigenvalue weighted by molar-refractivity contribution is -0.385. The molecule has 2 rings (SSSR count). The fourth-order valence-corrected chi connectivity index (χ4v) is 2.46. The maximum absolute atomic E-state index is 12.0. The van der Waals surface area contributed by atoms with Crippen molar-refractivity contribution in [2.45, 2.75) is 0 Å². The number of amides is 1. The molecule has 0 fully saturated rings. The number of nitro groups is 1. The van der Waals surface area contributed by atoms with Gasteiger partial charge in [0.15, 0.2) is 12.4 Å². The van der Waals surface area contributed by atoms with Crippen LogP contribution in [0.5, 0.6) is 5.75 Å². The van der Waals surface area contributed by atoms with E-state index >= 15 is 0 Å². The highest BCUT2D eigenvalue weighted by atomic mass is 35.5. The lowest BCUT2D eigenvalue weighted by Gasteiger charge is -2.10. The monoisotopic (exact) mass is 398 g/mol. The Morgan fingerprint density at radius 2 is 1.85 bits per heavy atom. The number of carbonyl (C=O) groups is 2. The minimum absolute atomic E-state index is 0.00217. The predicted octanol–water partition coefficient (Wildman–Crippen LogP) is 3.71. The van der Waals surface area contributed by atoms with Crippen molar-refractivity contribution in [1.82, 2.24) is 0 Å². The molecule has 136 valence electrons. The molecule has 0 aliphatic heterocycles. The second kappa shape index (κ2) is 8.50. The van der Waals surface area contributed by atoms with Crippen LogP contribution in [0.2, 0.25) is 10.0 Å². The first kappa shape index (κ1) is 19.5. The highest BCUT2D eigenvalue weighted by Crippen LogP contribution is 2.30. The second-order valence-corrected chi connectivity index (χ2v) is 5.68. The van der Waals surface area contributed by atoms with E-state index in [0.29, 0.717) is 0 Å². The summed E-state index contributed by atoms with van der Waals surface area (Å²) in [5, 5.41) is 13.8. The van der Waals surface area contributed by atoms with Crippen LogP contribution in [0.1, 0.15) is 10.4 Å². The Kier molecular flexibility index (Phi) is 6.37. The Balaban J connectivity index is 2.03. The average molecular weight is 399 g/mol. The van der Waals surface area contributed by atoms with Crippen molar-refractivity contribution < 1.29 is 24.0 Å². The molecule has 0 unspecified atom stereocenters. The molecule has 10 heteroatoms. The predicted molar refractivity (Wildman–Crippen MR) is 95.0 cm³/mol. The Morgan fingerprint density at radius 1 is 1.19 bits per heavy atom. The van der Waals surface area contributed by atoms with Crippen molar-refractivity contribution >= 4 is 46.5 Å². The van der Waals surface area contributed by atoms with Crippen LogP contribution in [0.4, 0.5) is 11.4 Å². The zero-order valence-electron chi connectivity index (χ0n) is 13.3. The van der Waals surface area contributed by atoms with Crippen LogP contribution in [-0.2, 0) is 9.53 Å². The number of hydrogen-bond acceptors (Lipinski definition) is 6. The van der Waals surface area contributed by atoms with E-state index in [0.717, 1.165) is 6.07 Å². The number of carbonyl (C=O) groups excluding carboxylic acids is 2. The van der Waals surface area contributed by atoms with Gasteiger partial charge in [0.1, 0.15) is 0 Å². The summed E-state index contributed by atoms with van der Waals surface area (Å²) in [6.07, 6.45) is 0. The summed E-state index contributed by atoms with van der Waals surface area (Å²) in [7, 11) is 1.27. The van der Waals surface area contributed by atoms with Gasteiger partial charge in [0, 0.05) is 6.07 Å². The molecule has 1 amide bonds. The zero-order valence-corrected chi connectivity index (χ0v) is 14.8. The third-order valence-electron chi connectivity index (χ3n) is 3.17. The lowest BCUT2D eigenvalue weighted by atomic mass is 10.2. The first-order chi connectivity index (χ1) is 12.3. The van der Waals surface area contributed by atoms with Gasteiger partial charge in [-0.1, -0.05) is 29.3 Å². The van der Waals surface area contributed by atoms with E-state index < -0.39 is 29.1 Å². The smallest absolute Gasteiger partial charge is 0.338 e. The molecule has 0 saturated carbocycles. The largest absolute Gasteiger partial charge is 0.490 e. The van der Waals surface area contributed by atoms with E-state index in [1.54, 1.807) is 6.07 Å². The molecule has 2 aromatic carbocycles. The first-order valence-corrected chi connectivity index (χ1v) is 7.82. The van der Waals surface area contributed by atoms with E-state index in [1.807, 2.05) is 0 Å². The Bertz CT molecular complexity index is 852. The number of para-hydroxylation sites is 1. The van der Waals surface area contributed by atoms with Gasteiger partial charge in [0.25, 0.3) is 5.91 Å². The van der Waals surface area contributed by atoms with Crippen LogP contribution in [0.15, 0.2) is 36.4 Å². The number of nitro benzene ring substituents is 1. The fourth-order valence-electron chi connectivity index (χ4n) is 1.97. The minimum atomic E-state index is -0.906.